The molecular weight excluding hydrogens is 362 g/mol. The molecule has 25 heavy (non-hydrogen) atoms. The monoisotopic (exact) mass is 383 g/mol. The Balaban J connectivity index is 3.35. The van der Waals surface area contributed by atoms with Crippen LogP contribution in [-0.2, 0) is 21.7 Å². The van der Waals surface area contributed by atoms with Crippen LogP contribution in [0, 0.1) is 11.6 Å². The number of nitrogens with one attached hydrogen (secondary N) is 1. The maximum atomic E-state index is 14.8. The third kappa shape index (κ3) is 5.08. The molecule has 0 aliphatic heterocycles. The molecular formula is C16H21F4NO3S. The molecule has 1 rings (SSSR count). The minimum atomic E-state index is -2.55. The van der Waals surface area contributed by atoms with Crippen molar-refractivity contribution in [3.8, 4) is 0 Å². The van der Waals surface area contributed by atoms with Gasteiger partial charge >= 0.3 is 5.97 Å². The first-order valence-corrected chi connectivity index (χ1v) is 8.60. The van der Waals surface area contributed by atoms with Gasteiger partial charge in [0.1, 0.15) is 16.5 Å². The molecule has 0 aromatic heterocycles. The number of alkyl halides is 2. The lowest BCUT2D eigenvalue weighted by Gasteiger charge is -2.37. The van der Waals surface area contributed by atoms with Crippen molar-refractivity contribution < 1.29 is 32.0 Å². The largest absolute Gasteiger partial charge is 0.598 e. The minimum absolute atomic E-state index is 0.504. The predicted octanol–water partition coefficient (Wildman–Crippen LogP) is 3.38. The molecule has 0 saturated carbocycles. The summed E-state index contributed by atoms with van der Waals surface area (Å²) in [5.41, 5.74) is -2.61. The van der Waals surface area contributed by atoms with Crippen molar-refractivity contribution in [3.05, 3.63) is 35.4 Å². The topological polar surface area (TPSA) is 72.4 Å². The average molecular weight is 383 g/mol. The fourth-order valence-corrected chi connectivity index (χ4v) is 2.99. The molecule has 0 spiro atoms. The molecule has 0 amide bonds. The zero-order valence-electron chi connectivity index (χ0n) is 14.3. The first-order valence-electron chi connectivity index (χ1n) is 7.45. The summed E-state index contributed by atoms with van der Waals surface area (Å²) in [5, 5.41) is 8.62. The summed E-state index contributed by atoms with van der Waals surface area (Å²) in [5.74, 6) is -4.51. The lowest BCUT2D eigenvalue weighted by molar-refractivity contribution is -0.143. The Kier molecular flexibility index (Phi) is 6.88. The van der Waals surface area contributed by atoms with Crippen LogP contribution >= 0.6 is 0 Å². The van der Waals surface area contributed by atoms with Gasteiger partial charge in [-0.1, -0.05) is 12.1 Å². The Morgan fingerprint density at radius 3 is 2.32 bits per heavy atom. The highest BCUT2D eigenvalue weighted by Crippen LogP contribution is 2.35. The number of hydrogen-bond donors (Lipinski definition) is 2. The molecule has 2 N–H and O–H groups in total. The van der Waals surface area contributed by atoms with E-state index in [4.69, 9.17) is 5.11 Å². The summed E-state index contributed by atoms with van der Waals surface area (Å²) in [6.45, 7) is 5.80. The smallest absolute Gasteiger partial charge is 0.338 e. The van der Waals surface area contributed by atoms with Gasteiger partial charge in [0.05, 0.1) is 0 Å². The van der Waals surface area contributed by atoms with Gasteiger partial charge < -0.3 is 9.66 Å². The van der Waals surface area contributed by atoms with E-state index in [1.165, 1.54) is 0 Å². The van der Waals surface area contributed by atoms with E-state index in [1.807, 2.05) is 0 Å². The Labute approximate surface area is 146 Å². The Morgan fingerprint density at radius 1 is 1.28 bits per heavy atom. The Hall–Kier alpha value is -1.32. The molecule has 0 bridgehead atoms. The molecule has 3 unspecified atom stereocenters. The van der Waals surface area contributed by atoms with Gasteiger partial charge in [-0.05, 0) is 33.8 Å². The summed E-state index contributed by atoms with van der Waals surface area (Å²) < 4.78 is 69.9. The van der Waals surface area contributed by atoms with Crippen LogP contribution in [-0.4, -0.2) is 32.7 Å². The molecule has 9 heteroatoms. The fourth-order valence-electron chi connectivity index (χ4n) is 2.06. The van der Waals surface area contributed by atoms with Crippen molar-refractivity contribution in [2.45, 2.75) is 56.7 Å². The van der Waals surface area contributed by atoms with E-state index in [2.05, 4.69) is 4.72 Å². The van der Waals surface area contributed by atoms with Gasteiger partial charge in [-0.2, -0.15) is 0 Å². The van der Waals surface area contributed by atoms with E-state index in [9.17, 15) is 26.9 Å². The van der Waals surface area contributed by atoms with E-state index in [-0.39, 0.29) is 0 Å². The second-order valence-corrected chi connectivity index (χ2v) is 8.76. The number of halogens is 4. The summed E-state index contributed by atoms with van der Waals surface area (Å²) in [4.78, 5) is 10.6. The van der Waals surface area contributed by atoms with Crippen LogP contribution in [0.15, 0.2) is 18.2 Å². The highest BCUT2D eigenvalue weighted by molar-refractivity contribution is 7.90. The second kappa shape index (κ2) is 7.92. The number of benzene rings is 1. The predicted molar refractivity (Wildman–Crippen MR) is 86.8 cm³/mol. The number of carbonyl (C=O) groups is 1. The summed E-state index contributed by atoms with van der Waals surface area (Å²) >= 11 is -1.92. The molecule has 0 aliphatic rings. The molecule has 0 aliphatic carbocycles. The van der Waals surface area contributed by atoms with E-state index < -0.39 is 63.6 Å². The molecule has 4 nitrogen and oxygen atoms in total. The summed E-state index contributed by atoms with van der Waals surface area (Å²) in [6.07, 6.45) is -5.95. The molecule has 142 valence electrons. The molecule has 0 heterocycles. The second-order valence-electron chi connectivity index (χ2n) is 6.80. The number of carboxylic acids is 1. The van der Waals surface area contributed by atoms with Crippen molar-refractivity contribution in [3.63, 3.8) is 0 Å². The molecule has 1 aromatic rings. The first-order chi connectivity index (χ1) is 11.3. The molecule has 0 fully saturated rings. The summed E-state index contributed by atoms with van der Waals surface area (Å²) in [6, 6.07) is 3.03. The molecule has 0 saturated heterocycles. The Morgan fingerprint density at radius 2 is 1.84 bits per heavy atom. The highest BCUT2D eigenvalue weighted by atomic mass is 32.2. The third-order valence-electron chi connectivity index (χ3n) is 3.68. The lowest BCUT2D eigenvalue weighted by Crippen LogP contribution is -2.55. The van der Waals surface area contributed by atoms with Crippen LogP contribution in [0.2, 0.25) is 0 Å². The van der Waals surface area contributed by atoms with E-state index in [0.717, 1.165) is 25.1 Å². The van der Waals surface area contributed by atoms with Gasteiger partial charge in [0.15, 0.2) is 17.8 Å². The zero-order chi connectivity index (χ0) is 19.6. The van der Waals surface area contributed by atoms with Crippen molar-refractivity contribution >= 4 is 17.3 Å². The van der Waals surface area contributed by atoms with Gasteiger partial charge in [0.2, 0.25) is 0 Å². The van der Waals surface area contributed by atoms with Gasteiger partial charge in [-0.3, -0.25) is 0 Å². The molecule has 4 atom stereocenters. The van der Waals surface area contributed by atoms with Gasteiger partial charge in [0, 0.05) is 23.3 Å². The van der Waals surface area contributed by atoms with Crippen LogP contribution in [0.4, 0.5) is 17.6 Å². The van der Waals surface area contributed by atoms with E-state index in [1.54, 1.807) is 20.8 Å². The van der Waals surface area contributed by atoms with Crippen LogP contribution in [0.5, 0.6) is 0 Å². The third-order valence-corrected chi connectivity index (χ3v) is 5.40. The molecule has 1 aromatic carbocycles. The van der Waals surface area contributed by atoms with E-state index in [0.29, 0.717) is 0 Å². The quantitative estimate of drug-likeness (QED) is 0.559. The average Bonchev–Trinajstić information content (AvgIpc) is 2.48. The van der Waals surface area contributed by atoms with Crippen LogP contribution in [0.25, 0.3) is 0 Å². The normalized spacial score (nSPS) is 18.3. The minimum Gasteiger partial charge on any atom is -0.598 e. The van der Waals surface area contributed by atoms with Gasteiger partial charge in [-0.15, -0.1) is 4.72 Å². The van der Waals surface area contributed by atoms with Gasteiger partial charge in [0.25, 0.3) is 0 Å². The van der Waals surface area contributed by atoms with Crippen LogP contribution in [0.3, 0.4) is 0 Å². The number of carboxylic acid groups (broad SMARTS) is 1. The van der Waals surface area contributed by atoms with Crippen molar-refractivity contribution in [1.29, 1.82) is 0 Å². The molecule has 0 radical (unpaired) electrons. The summed E-state index contributed by atoms with van der Waals surface area (Å²) in [7, 11) is 0. The SMILES string of the molecule is CC(N[S@+]([O-])C(C)(C)C)(c1cccc(F)c1F)C(F)CC(F)C(=O)O. The fraction of sp³-hybridized carbons (Fsp3) is 0.562. The van der Waals surface area contributed by atoms with Crippen LogP contribution < -0.4 is 4.72 Å². The highest BCUT2D eigenvalue weighted by Gasteiger charge is 2.46. The van der Waals surface area contributed by atoms with Crippen LogP contribution in [0.1, 0.15) is 39.7 Å². The standard InChI is InChI=1S/C16H21F4NO3S/c1-15(2,3)25(24)21-16(4,12(19)8-11(18)14(22)23)9-6-5-7-10(17)13(9)20/h5-7,11-12,21H,8H2,1-4H3,(H,22,23)/t11?,12?,16?,25-/m1/s1. The lowest BCUT2D eigenvalue weighted by atomic mass is 9.85. The van der Waals surface area contributed by atoms with Crippen molar-refractivity contribution in [2.75, 3.05) is 0 Å². The number of hydrogen-bond acceptors (Lipinski definition) is 3. The maximum Gasteiger partial charge on any atom is 0.338 e. The number of rotatable bonds is 7. The van der Waals surface area contributed by atoms with Crippen molar-refractivity contribution in [2.24, 2.45) is 0 Å². The maximum absolute atomic E-state index is 14.8. The van der Waals surface area contributed by atoms with Gasteiger partial charge in [-0.25, -0.2) is 22.4 Å². The Bertz CT molecular complexity index is 626. The van der Waals surface area contributed by atoms with E-state index >= 15 is 0 Å². The van der Waals surface area contributed by atoms with Crippen molar-refractivity contribution in [1.82, 2.24) is 4.72 Å². The first kappa shape index (κ1) is 21.7. The zero-order valence-corrected chi connectivity index (χ0v) is 15.1. The number of aliphatic carboxylic acids is 1.